The highest BCUT2D eigenvalue weighted by Crippen LogP contribution is 2.65. The predicted molar refractivity (Wildman–Crippen MR) is 128 cm³/mol. The van der Waals surface area contributed by atoms with Crippen molar-refractivity contribution < 1.29 is 9.84 Å². The minimum absolute atomic E-state index is 0.428. The quantitative estimate of drug-likeness (QED) is 0.624. The Morgan fingerprint density at radius 3 is 2.79 bits per heavy atom. The summed E-state index contributed by atoms with van der Waals surface area (Å²) in [5, 5.41) is 24.9. The molecular weight excluding hydrogens is 410 g/mol. The van der Waals surface area contributed by atoms with Gasteiger partial charge in [-0.25, -0.2) is 0 Å². The molecule has 5 rings (SSSR count). The maximum atomic E-state index is 11.1. The van der Waals surface area contributed by atoms with Gasteiger partial charge in [-0.2, -0.15) is 10.4 Å². The second-order valence-corrected chi connectivity index (χ2v) is 12.3. The minimum atomic E-state index is -0.587. The van der Waals surface area contributed by atoms with Crippen molar-refractivity contribution >= 4 is 0 Å². The molecule has 5 nitrogen and oxygen atoms in total. The van der Waals surface area contributed by atoms with Crippen molar-refractivity contribution in [3.05, 3.63) is 18.0 Å². The van der Waals surface area contributed by atoms with E-state index in [2.05, 4.69) is 25.0 Å². The number of nitriles is 1. The molecule has 1 N–H and O–H groups in total. The van der Waals surface area contributed by atoms with Crippen molar-refractivity contribution in [1.82, 2.24) is 9.78 Å². The van der Waals surface area contributed by atoms with Crippen LogP contribution in [0, 0.1) is 58.2 Å². The average Bonchev–Trinajstić information content (AvgIpc) is 3.40. The molecule has 0 amide bonds. The summed E-state index contributed by atoms with van der Waals surface area (Å²) in [5.41, 5.74) is 0.526. The van der Waals surface area contributed by atoms with Crippen LogP contribution in [0.4, 0.5) is 0 Å². The van der Waals surface area contributed by atoms with Crippen LogP contribution in [0.2, 0.25) is 0 Å². The summed E-state index contributed by atoms with van der Waals surface area (Å²) < 4.78 is 7.56. The second-order valence-electron chi connectivity index (χ2n) is 12.3. The lowest BCUT2D eigenvalue weighted by Crippen LogP contribution is -2.52. The summed E-state index contributed by atoms with van der Waals surface area (Å²) in [7, 11) is 0. The van der Waals surface area contributed by atoms with Gasteiger partial charge < -0.3 is 9.84 Å². The van der Waals surface area contributed by atoms with Gasteiger partial charge in [0, 0.05) is 13.2 Å². The zero-order valence-corrected chi connectivity index (χ0v) is 20.9. The first-order valence-corrected chi connectivity index (χ1v) is 13.6. The number of aliphatic hydroxyl groups is 1. The van der Waals surface area contributed by atoms with Gasteiger partial charge in [0.15, 0.2) is 0 Å². The zero-order chi connectivity index (χ0) is 23.2. The van der Waals surface area contributed by atoms with E-state index >= 15 is 0 Å². The molecule has 0 spiro atoms. The van der Waals surface area contributed by atoms with Crippen molar-refractivity contribution in [1.29, 1.82) is 5.26 Å². The third-order valence-corrected chi connectivity index (χ3v) is 10.7. The lowest BCUT2D eigenvalue weighted by atomic mass is 9.48. The van der Waals surface area contributed by atoms with E-state index < -0.39 is 5.60 Å². The van der Waals surface area contributed by atoms with Crippen LogP contribution in [0.15, 0.2) is 12.3 Å². The van der Waals surface area contributed by atoms with Gasteiger partial charge >= 0.3 is 0 Å². The highest BCUT2D eigenvalue weighted by atomic mass is 16.5. The van der Waals surface area contributed by atoms with Gasteiger partial charge in [-0.15, -0.1) is 0 Å². The lowest BCUT2D eigenvalue weighted by molar-refractivity contribution is -0.129. The molecular formula is C28H43N3O2. The molecule has 4 aliphatic rings. The molecule has 4 fully saturated rings. The van der Waals surface area contributed by atoms with Crippen LogP contribution in [0.5, 0.6) is 0 Å². The van der Waals surface area contributed by atoms with Crippen LogP contribution in [-0.2, 0) is 11.3 Å². The molecule has 33 heavy (non-hydrogen) atoms. The van der Waals surface area contributed by atoms with Crippen LogP contribution in [0.3, 0.4) is 0 Å². The molecule has 4 saturated carbocycles. The molecule has 0 bridgehead atoms. The summed E-state index contributed by atoms with van der Waals surface area (Å²) in [6, 6.07) is 4.12. The number of hydrogen-bond donors (Lipinski definition) is 1. The first-order valence-electron chi connectivity index (χ1n) is 13.6. The highest BCUT2D eigenvalue weighted by Gasteiger charge is 2.58. The minimum Gasteiger partial charge on any atom is -0.387 e. The predicted octanol–water partition coefficient (Wildman–Crippen LogP) is 5.43. The fourth-order valence-corrected chi connectivity index (χ4v) is 9.33. The van der Waals surface area contributed by atoms with E-state index in [-0.39, 0.29) is 0 Å². The van der Waals surface area contributed by atoms with Gasteiger partial charge in [0.1, 0.15) is 11.8 Å². The van der Waals surface area contributed by atoms with Gasteiger partial charge in [-0.1, -0.05) is 13.8 Å². The number of hydrogen-bond acceptors (Lipinski definition) is 4. The Balaban J connectivity index is 1.27. The normalized spacial score (nSPS) is 43.2. The van der Waals surface area contributed by atoms with Crippen molar-refractivity contribution in [3.8, 4) is 6.07 Å². The fraction of sp³-hybridized carbons (Fsp3) is 0.857. The van der Waals surface area contributed by atoms with Crippen molar-refractivity contribution in [2.75, 3.05) is 13.2 Å². The topological polar surface area (TPSA) is 71.1 Å². The Kier molecular flexibility index (Phi) is 6.38. The maximum Gasteiger partial charge on any atom is 0.138 e. The zero-order valence-electron chi connectivity index (χ0n) is 20.9. The summed E-state index contributed by atoms with van der Waals surface area (Å²) in [6.45, 7) is 9.09. The molecule has 0 unspecified atom stereocenters. The van der Waals surface area contributed by atoms with Gasteiger partial charge in [-0.3, -0.25) is 4.68 Å². The molecule has 0 aliphatic heterocycles. The van der Waals surface area contributed by atoms with Crippen molar-refractivity contribution in [2.45, 2.75) is 90.7 Å². The summed E-state index contributed by atoms with van der Waals surface area (Å²) in [5.74, 6) is 5.36. The molecule has 182 valence electrons. The monoisotopic (exact) mass is 453 g/mol. The van der Waals surface area contributed by atoms with Gasteiger partial charge in [-0.05, 0) is 118 Å². The number of rotatable bonds is 6. The number of nitrogens with zero attached hydrogens (tertiary/aromatic N) is 3. The van der Waals surface area contributed by atoms with Gasteiger partial charge in [0.25, 0.3) is 0 Å². The van der Waals surface area contributed by atoms with Crippen LogP contribution >= 0.6 is 0 Å². The van der Waals surface area contributed by atoms with E-state index in [9.17, 15) is 10.4 Å². The largest absolute Gasteiger partial charge is 0.387 e. The van der Waals surface area contributed by atoms with E-state index in [0.717, 1.165) is 49.0 Å². The molecule has 5 heteroatoms. The second kappa shape index (κ2) is 9.00. The maximum absolute atomic E-state index is 11.1. The first-order chi connectivity index (χ1) is 15.9. The molecule has 9 atom stereocenters. The lowest BCUT2D eigenvalue weighted by Gasteiger charge is -2.57. The van der Waals surface area contributed by atoms with Crippen LogP contribution < -0.4 is 0 Å². The number of aromatic nitrogens is 2. The highest BCUT2D eigenvalue weighted by molar-refractivity contribution is 5.18. The van der Waals surface area contributed by atoms with E-state index in [1.165, 1.54) is 44.9 Å². The molecule has 0 aromatic carbocycles. The fourth-order valence-electron chi connectivity index (χ4n) is 9.33. The molecule has 1 heterocycles. The van der Waals surface area contributed by atoms with Crippen LogP contribution in [0.25, 0.3) is 0 Å². The Bertz CT molecular complexity index is 877. The first kappa shape index (κ1) is 23.4. The van der Waals surface area contributed by atoms with Crippen LogP contribution in [0.1, 0.15) is 84.3 Å². The Hall–Kier alpha value is -1.38. The van der Waals surface area contributed by atoms with Crippen LogP contribution in [-0.4, -0.2) is 33.7 Å². The summed E-state index contributed by atoms with van der Waals surface area (Å²) >= 11 is 0. The SMILES string of the molecule is CCOC[C@@]1(O)CC[C@H]2[C@H](CC[C@@H]3[C@@H]2CC[C@]2(C)[C@@H]([C@H](C)Cn4nccc4C#N)CC[C@@H]32)C1. The van der Waals surface area contributed by atoms with E-state index in [1.807, 2.05) is 17.7 Å². The van der Waals surface area contributed by atoms with Gasteiger partial charge in [0.05, 0.1) is 18.4 Å². The van der Waals surface area contributed by atoms with Crippen molar-refractivity contribution in [3.63, 3.8) is 0 Å². The number of ether oxygens (including phenoxy) is 1. The third-order valence-electron chi connectivity index (χ3n) is 10.7. The smallest absolute Gasteiger partial charge is 0.138 e. The van der Waals surface area contributed by atoms with E-state index in [1.54, 1.807) is 6.20 Å². The Morgan fingerprint density at radius 2 is 2.00 bits per heavy atom. The Morgan fingerprint density at radius 1 is 1.18 bits per heavy atom. The van der Waals surface area contributed by atoms with E-state index in [0.29, 0.717) is 36.2 Å². The number of fused-ring (bicyclic) bond motifs is 5. The van der Waals surface area contributed by atoms with Crippen molar-refractivity contribution in [2.24, 2.45) is 46.8 Å². The molecule has 1 aromatic rings. The standard InChI is InChI=1S/C28H43N3O2/c1-4-33-18-28(32)13-10-22-20(15-28)5-6-24-23(22)9-12-27(3)25(7-8-26(24)27)19(2)17-31-21(16-29)11-14-30-31/h11,14,19-20,22-26,32H,4-10,12-13,15,17-18H2,1-3H3/t19-,20-,22+,23-,24-,25-,26+,27-,28-/m1/s1. The molecule has 1 aromatic heterocycles. The average molecular weight is 454 g/mol. The molecule has 4 aliphatic carbocycles. The third kappa shape index (κ3) is 4.06. The summed E-state index contributed by atoms with van der Waals surface area (Å²) in [6.07, 6.45) is 12.9. The summed E-state index contributed by atoms with van der Waals surface area (Å²) in [4.78, 5) is 0. The molecule has 0 radical (unpaired) electrons. The van der Waals surface area contributed by atoms with E-state index in [4.69, 9.17) is 4.74 Å². The molecule has 0 saturated heterocycles. The Labute approximate surface area is 199 Å². The van der Waals surface area contributed by atoms with Gasteiger partial charge in [0.2, 0.25) is 0 Å².